The Morgan fingerprint density at radius 1 is 1.23 bits per heavy atom. The molecule has 1 aromatic heterocycles. The summed E-state index contributed by atoms with van der Waals surface area (Å²) in [5, 5.41) is 4.07. The summed E-state index contributed by atoms with van der Waals surface area (Å²) in [5.74, 6) is 0. The van der Waals surface area contributed by atoms with Crippen LogP contribution in [0, 0.1) is 0 Å². The molecule has 1 aromatic carbocycles. The first-order valence-corrected chi connectivity index (χ1v) is 10.1. The summed E-state index contributed by atoms with van der Waals surface area (Å²) in [6, 6.07) is 9.09. The largest absolute Gasteiger partial charge is 0.461 e. The van der Waals surface area contributed by atoms with E-state index in [1.165, 1.54) is 11.1 Å². The third-order valence-corrected chi connectivity index (χ3v) is 5.50. The minimum Gasteiger partial charge on any atom is -0.461 e. The molecule has 160 valence electrons. The topological polar surface area (TPSA) is 59.5 Å². The van der Waals surface area contributed by atoms with Crippen LogP contribution in [0.2, 0.25) is 0 Å². The van der Waals surface area contributed by atoms with Crippen molar-refractivity contribution in [1.29, 1.82) is 0 Å². The molecule has 0 saturated carbocycles. The summed E-state index contributed by atoms with van der Waals surface area (Å²) in [5.41, 5.74) is 1.64. The van der Waals surface area contributed by atoms with Gasteiger partial charge in [-0.05, 0) is 42.3 Å². The third kappa shape index (κ3) is 4.99. The maximum atomic E-state index is 12.8. The Bertz CT molecular complexity index is 887. The van der Waals surface area contributed by atoms with E-state index in [1.807, 2.05) is 17.0 Å². The predicted octanol–water partition coefficient (Wildman–Crippen LogP) is 2.62. The first-order valence-electron chi connectivity index (χ1n) is 9.65. The van der Waals surface area contributed by atoms with Crippen LogP contribution < -0.4 is 10.1 Å². The monoisotopic (exact) mass is 438 g/mol. The van der Waals surface area contributed by atoms with Crippen LogP contribution in [0.3, 0.4) is 0 Å². The fourth-order valence-electron chi connectivity index (χ4n) is 3.67. The molecule has 2 aromatic rings. The van der Waals surface area contributed by atoms with Crippen molar-refractivity contribution in [3.63, 3.8) is 0 Å². The number of nitrogens with zero attached hydrogens (tertiary/aromatic N) is 3. The first-order chi connectivity index (χ1) is 14.4. The van der Waals surface area contributed by atoms with E-state index < -0.39 is 11.9 Å². The highest BCUT2D eigenvalue weighted by atomic mass is 32.1. The van der Waals surface area contributed by atoms with Crippen molar-refractivity contribution in [3.05, 3.63) is 53.3 Å². The highest BCUT2D eigenvalue weighted by Gasteiger charge is 2.33. The Morgan fingerprint density at radius 2 is 1.97 bits per heavy atom. The summed E-state index contributed by atoms with van der Waals surface area (Å²) >= 11 is 5.58. The molecule has 30 heavy (non-hydrogen) atoms. The van der Waals surface area contributed by atoms with Crippen LogP contribution in [-0.4, -0.2) is 58.4 Å². The van der Waals surface area contributed by atoms with Crippen molar-refractivity contribution in [1.82, 2.24) is 20.2 Å². The minimum atomic E-state index is -4.54. The number of rotatable bonds is 4. The normalized spacial score (nSPS) is 19.4. The van der Waals surface area contributed by atoms with E-state index in [1.54, 1.807) is 0 Å². The molecule has 1 atom stereocenters. The molecule has 1 unspecified atom stereocenters. The van der Waals surface area contributed by atoms with Crippen LogP contribution in [0.4, 0.5) is 13.2 Å². The van der Waals surface area contributed by atoms with Gasteiger partial charge in [-0.2, -0.15) is 18.2 Å². The summed E-state index contributed by atoms with van der Waals surface area (Å²) in [6.07, 6.45) is -2.01. The van der Waals surface area contributed by atoms with Gasteiger partial charge in [0.25, 0.3) is 0 Å². The van der Waals surface area contributed by atoms with E-state index in [-0.39, 0.29) is 24.8 Å². The average molecular weight is 438 g/mol. The van der Waals surface area contributed by atoms with Crippen molar-refractivity contribution < 1.29 is 22.6 Å². The highest BCUT2D eigenvalue weighted by molar-refractivity contribution is 7.80. The number of alkyl halides is 3. The third-order valence-electron chi connectivity index (χ3n) is 5.13. The fourth-order valence-corrected chi connectivity index (χ4v) is 4.00. The molecule has 6 nitrogen and oxygen atoms in total. The second-order valence-corrected chi connectivity index (χ2v) is 7.68. The van der Waals surface area contributed by atoms with Gasteiger partial charge in [0.2, 0.25) is 0 Å². The van der Waals surface area contributed by atoms with E-state index >= 15 is 0 Å². The fraction of sp³-hybridized carbons (Fsp3) is 0.450. The summed E-state index contributed by atoms with van der Waals surface area (Å²) in [7, 11) is 0. The van der Waals surface area contributed by atoms with E-state index in [2.05, 4.69) is 27.4 Å². The number of thiocarbonyl (C=S) groups is 1. The molecule has 0 bridgehead atoms. The summed E-state index contributed by atoms with van der Waals surface area (Å²) in [6.45, 7) is 1.60. The molecule has 0 radical (unpaired) electrons. The second-order valence-electron chi connectivity index (χ2n) is 7.30. The molecule has 1 aliphatic heterocycles. The SMILES string of the molecule is FC(F)(F)c1ccnc(OCC2CN(C(=S)NC3Cc4ccccc4C3)CCO2)n1. The number of benzene rings is 1. The number of ether oxygens (including phenoxy) is 2. The zero-order chi connectivity index (χ0) is 21.1. The number of hydrogen-bond donors (Lipinski definition) is 1. The number of nitrogens with one attached hydrogen (secondary N) is 1. The Kier molecular flexibility index (Phi) is 6.05. The van der Waals surface area contributed by atoms with Gasteiger partial charge in [-0.3, -0.25) is 0 Å². The lowest BCUT2D eigenvalue weighted by atomic mass is 10.1. The second kappa shape index (κ2) is 8.73. The van der Waals surface area contributed by atoms with Gasteiger partial charge < -0.3 is 19.7 Å². The van der Waals surface area contributed by atoms with Gasteiger partial charge in [-0.15, -0.1) is 0 Å². The highest BCUT2D eigenvalue weighted by Crippen LogP contribution is 2.28. The predicted molar refractivity (Wildman–Crippen MR) is 107 cm³/mol. The van der Waals surface area contributed by atoms with Crippen molar-refractivity contribution in [3.8, 4) is 6.01 Å². The first kappa shape index (κ1) is 20.8. The lowest BCUT2D eigenvalue weighted by molar-refractivity contribution is -0.141. The lowest BCUT2D eigenvalue weighted by Gasteiger charge is -2.35. The number of halogens is 3. The number of fused-ring (bicyclic) bond motifs is 1. The van der Waals surface area contributed by atoms with E-state index in [4.69, 9.17) is 21.7 Å². The molecule has 1 saturated heterocycles. The molecule has 2 heterocycles. The van der Waals surface area contributed by atoms with Crippen molar-refractivity contribution >= 4 is 17.3 Å². The Labute approximate surface area is 177 Å². The van der Waals surface area contributed by atoms with Gasteiger partial charge in [-0.1, -0.05) is 24.3 Å². The van der Waals surface area contributed by atoms with Gasteiger partial charge >= 0.3 is 12.2 Å². The molecule has 4 rings (SSSR count). The molecule has 0 amide bonds. The van der Waals surface area contributed by atoms with Gasteiger partial charge in [0.1, 0.15) is 12.7 Å². The van der Waals surface area contributed by atoms with Crippen molar-refractivity contribution in [2.75, 3.05) is 26.3 Å². The quantitative estimate of drug-likeness (QED) is 0.737. The zero-order valence-electron chi connectivity index (χ0n) is 16.1. The van der Waals surface area contributed by atoms with Gasteiger partial charge in [0, 0.05) is 25.3 Å². The molecular weight excluding hydrogens is 417 g/mol. The number of aromatic nitrogens is 2. The minimum absolute atomic E-state index is 0.0370. The Hall–Kier alpha value is -2.46. The summed E-state index contributed by atoms with van der Waals surface area (Å²) < 4.78 is 49.3. The van der Waals surface area contributed by atoms with E-state index in [9.17, 15) is 13.2 Å². The average Bonchev–Trinajstić information content (AvgIpc) is 3.14. The maximum Gasteiger partial charge on any atom is 0.433 e. The van der Waals surface area contributed by atoms with Crippen molar-refractivity contribution in [2.45, 2.75) is 31.2 Å². The van der Waals surface area contributed by atoms with Gasteiger partial charge in [0.05, 0.1) is 6.61 Å². The van der Waals surface area contributed by atoms with Gasteiger partial charge in [0.15, 0.2) is 10.8 Å². The molecule has 1 aliphatic carbocycles. The van der Waals surface area contributed by atoms with Crippen LogP contribution in [-0.2, 0) is 23.8 Å². The van der Waals surface area contributed by atoms with E-state index in [0.717, 1.165) is 25.1 Å². The molecule has 10 heteroatoms. The smallest absolute Gasteiger partial charge is 0.433 e. The van der Waals surface area contributed by atoms with Gasteiger partial charge in [-0.25, -0.2) is 4.98 Å². The number of morpholine rings is 1. The van der Waals surface area contributed by atoms with Crippen LogP contribution in [0.5, 0.6) is 6.01 Å². The van der Waals surface area contributed by atoms with Crippen LogP contribution in [0.25, 0.3) is 0 Å². The Morgan fingerprint density at radius 3 is 2.67 bits per heavy atom. The zero-order valence-corrected chi connectivity index (χ0v) is 16.9. The molecule has 1 N–H and O–H groups in total. The standard InChI is InChI=1S/C20H21F3N4O2S/c21-20(22,23)17-5-6-24-18(26-17)29-12-16-11-27(7-8-28-16)19(30)25-15-9-13-3-1-2-4-14(13)10-15/h1-6,15-16H,7-12H2,(H,25,30). The summed E-state index contributed by atoms with van der Waals surface area (Å²) in [4.78, 5) is 9.15. The van der Waals surface area contributed by atoms with Crippen LogP contribution in [0.1, 0.15) is 16.8 Å². The lowest BCUT2D eigenvalue weighted by Crippen LogP contribution is -2.53. The molecule has 2 aliphatic rings. The van der Waals surface area contributed by atoms with Crippen molar-refractivity contribution in [2.24, 2.45) is 0 Å². The van der Waals surface area contributed by atoms with E-state index in [0.29, 0.717) is 24.8 Å². The molecular formula is C20H21F3N4O2S. The molecule has 0 spiro atoms. The van der Waals surface area contributed by atoms with Crippen LogP contribution >= 0.6 is 12.2 Å². The maximum absolute atomic E-state index is 12.8. The molecule has 1 fully saturated rings. The Balaban J connectivity index is 1.28. The number of hydrogen-bond acceptors (Lipinski definition) is 5. The van der Waals surface area contributed by atoms with Crippen LogP contribution in [0.15, 0.2) is 36.5 Å².